The predicted octanol–water partition coefficient (Wildman–Crippen LogP) is 1.21. The summed E-state index contributed by atoms with van der Waals surface area (Å²) in [6.45, 7) is 5.29. The number of methoxy groups -OCH3 is 1. The molecule has 0 fully saturated rings. The smallest absolute Gasteiger partial charge is 0.330 e. The number of carbonyl (C=O) groups is 1. The lowest BCUT2D eigenvalue weighted by molar-refractivity contribution is -0.144. The topological polar surface area (TPSA) is 67.3 Å². The zero-order valence-electron chi connectivity index (χ0n) is 11.7. The Balaban J connectivity index is 3.01. The number of hydrogen-bond acceptors (Lipinski definition) is 6. The van der Waals surface area contributed by atoms with Crippen LogP contribution in [-0.4, -0.2) is 42.7 Å². The number of rotatable bonds is 4. The van der Waals surface area contributed by atoms with Gasteiger partial charge >= 0.3 is 5.97 Å². The summed E-state index contributed by atoms with van der Waals surface area (Å²) in [4.78, 5) is 22.0. The summed E-state index contributed by atoms with van der Waals surface area (Å²) < 4.78 is 4.74. The molecule has 0 amide bonds. The van der Waals surface area contributed by atoms with Crippen LogP contribution in [0.2, 0.25) is 0 Å². The van der Waals surface area contributed by atoms with Gasteiger partial charge in [-0.3, -0.25) is 0 Å². The van der Waals surface area contributed by atoms with Gasteiger partial charge in [0.2, 0.25) is 0 Å². The van der Waals surface area contributed by atoms with E-state index in [1.54, 1.807) is 19.9 Å². The minimum absolute atomic E-state index is 0.342. The van der Waals surface area contributed by atoms with Crippen molar-refractivity contribution >= 4 is 17.6 Å². The third-order valence-electron chi connectivity index (χ3n) is 2.42. The van der Waals surface area contributed by atoms with E-state index in [2.05, 4.69) is 15.3 Å². The molecule has 0 aromatic carbocycles. The van der Waals surface area contributed by atoms with Crippen molar-refractivity contribution in [1.82, 2.24) is 9.97 Å². The van der Waals surface area contributed by atoms with Gasteiger partial charge in [0.05, 0.1) is 7.11 Å². The fourth-order valence-electron chi connectivity index (χ4n) is 1.47. The Bertz CT molecular complexity index is 444. The number of aryl methyl sites for hydroxylation is 1. The first-order valence-electron chi connectivity index (χ1n) is 5.66. The number of aromatic nitrogens is 2. The van der Waals surface area contributed by atoms with Crippen molar-refractivity contribution in [1.29, 1.82) is 0 Å². The van der Waals surface area contributed by atoms with Gasteiger partial charge in [-0.25, -0.2) is 14.8 Å². The van der Waals surface area contributed by atoms with Crippen LogP contribution in [0.25, 0.3) is 0 Å². The van der Waals surface area contributed by atoms with Crippen LogP contribution in [-0.2, 0) is 9.53 Å². The molecule has 1 N–H and O–H groups in total. The summed E-state index contributed by atoms with van der Waals surface area (Å²) in [5.41, 5.74) is -0.834. The predicted molar refractivity (Wildman–Crippen MR) is 70.8 cm³/mol. The van der Waals surface area contributed by atoms with Crippen molar-refractivity contribution in [2.24, 2.45) is 0 Å². The van der Waals surface area contributed by atoms with E-state index in [4.69, 9.17) is 4.74 Å². The van der Waals surface area contributed by atoms with Gasteiger partial charge in [-0.2, -0.15) is 0 Å². The molecule has 1 rings (SSSR count). The Labute approximate surface area is 107 Å². The van der Waals surface area contributed by atoms with E-state index in [9.17, 15) is 4.79 Å². The van der Waals surface area contributed by atoms with E-state index in [1.807, 2.05) is 25.9 Å². The summed E-state index contributed by atoms with van der Waals surface area (Å²) in [6, 6.07) is 1.79. The van der Waals surface area contributed by atoms with Crippen LogP contribution in [0.4, 0.5) is 11.6 Å². The number of ether oxygens (including phenoxy) is 1. The molecule has 6 nitrogen and oxygen atoms in total. The molecule has 0 aliphatic heterocycles. The SMILES string of the molecule is COC(=O)C(C)(C)Nc1cc(N(C)C)nc(C)n1. The molecule has 1 heterocycles. The number of hydrogen-bond donors (Lipinski definition) is 1. The molecular weight excluding hydrogens is 232 g/mol. The zero-order chi connectivity index (χ0) is 13.9. The first-order chi connectivity index (χ1) is 8.26. The number of esters is 1. The maximum absolute atomic E-state index is 11.6. The van der Waals surface area contributed by atoms with Gasteiger partial charge in [0.1, 0.15) is 23.0 Å². The van der Waals surface area contributed by atoms with E-state index < -0.39 is 5.54 Å². The first kappa shape index (κ1) is 14.2. The third-order valence-corrected chi connectivity index (χ3v) is 2.42. The lowest BCUT2D eigenvalue weighted by Gasteiger charge is -2.24. The van der Waals surface area contributed by atoms with E-state index >= 15 is 0 Å². The van der Waals surface area contributed by atoms with Crippen LogP contribution >= 0.6 is 0 Å². The van der Waals surface area contributed by atoms with Crippen molar-refractivity contribution in [3.63, 3.8) is 0 Å². The molecule has 0 radical (unpaired) electrons. The Morgan fingerprint density at radius 2 is 2.00 bits per heavy atom. The molecule has 0 saturated heterocycles. The van der Waals surface area contributed by atoms with Crippen LogP contribution in [0.15, 0.2) is 6.07 Å². The monoisotopic (exact) mass is 252 g/mol. The lowest BCUT2D eigenvalue weighted by Crippen LogP contribution is -2.41. The molecule has 18 heavy (non-hydrogen) atoms. The quantitative estimate of drug-likeness (QED) is 0.813. The Morgan fingerprint density at radius 1 is 1.39 bits per heavy atom. The highest BCUT2D eigenvalue weighted by Crippen LogP contribution is 2.18. The van der Waals surface area contributed by atoms with Gasteiger partial charge in [-0.05, 0) is 20.8 Å². The molecule has 100 valence electrons. The molecular formula is C12H20N4O2. The van der Waals surface area contributed by atoms with E-state index in [0.29, 0.717) is 11.6 Å². The Hall–Kier alpha value is -1.85. The summed E-state index contributed by atoms with van der Waals surface area (Å²) in [5.74, 6) is 1.68. The van der Waals surface area contributed by atoms with Crippen LogP contribution < -0.4 is 10.2 Å². The molecule has 0 aliphatic rings. The molecule has 6 heteroatoms. The van der Waals surface area contributed by atoms with Crippen molar-refractivity contribution in [3.05, 3.63) is 11.9 Å². The molecule has 0 saturated carbocycles. The molecule has 1 aromatic heterocycles. The number of carbonyl (C=O) groups excluding carboxylic acids is 1. The lowest BCUT2D eigenvalue weighted by atomic mass is 10.1. The van der Waals surface area contributed by atoms with Crippen LogP contribution in [0.1, 0.15) is 19.7 Å². The highest BCUT2D eigenvalue weighted by Gasteiger charge is 2.29. The molecule has 0 atom stereocenters. The Kier molecular flexibility index (Phi) is 4.11. The minimum atomic E-state index is -0.834. The van der Waals surface area contributed by atoms with Crippen LogP contribution in [0.5, 0.6) is 0 Å². The molecule has 0 unspecified atom stereocenters. The fourth-order valence-corrected chi connectivity index (χ4v) is 1.47. The van der Waals surface area contributed by atoms with Gasteiger partial charge in [0.15, 0.2) is 0 Å². The highest BCUT2D eigenvalue weighted by atomic mass is 16.5. The number of nitrogens with zero attached hydrogens (tertiary/aromatic N) is 3. The van der Waals surface area contributed by atoms with Gasteiger partial charge < -0.3 is 15.0 Å². The average Bonchev–Trinajstić information content (AvgIpc) is 2.26. The van der Waals surface area contributed by atoms with Crippen molar-refractivity contribution in [3.8, 4) is 0 Å². The highest BCUT2D eigenvalue weighted by molar-refractivity contribution is 5.83. The van der Waals surface area contributed by atoms with Crippen LogP contribution in [0, 0.1) is 6.92 Å². The van der Waals surface area contributed by atoms with Crippen molar-refractivity contribution in [2.75, 3.05) is 31.4 Å². The number of anilines is 2. The van der Waals surface area contributed by atoms with Crippen molar-refractivity contribution in [2.45, 2.75) is 26.3 Å². The molecule has 1 aromatic rings. The Morgan fingerprint density at radius 3 is 2.50 bits per heavy atom. The average molecular weight is 252 g/mol. The molecule has 0 spiro atoms. The maximum atomic E-state index is 11.6. The standard InChI is InChI=1S/C12H20N4O2/c1-8-13-9(7-10(14-8)16(4)5)15-12(2,3)11(17)18-6/h7H,1-6H3,(H,13,14,15). The minimum Gasteiger partial charge on any atom is -0.467 e. The summed E-state index contributed by atoms with van der Waals surface area (Å²) in [6.07, 6.45) is 0. The van der Waals surface area contributed by atoms with Gasteiger partial charge in [-0.15, -0.1) is 0 Å². The zero-order valence-corrected chi connectivity index (χ0v) is 11.7. The molecule has 0 aliphatic carbocycles. The van der Waals surface area contributed by atoms with E-state index in [-0.39, 0.29) is 5.97 Å². The third kappa shape index (κ3) is 3.32. The first-order valence-corrected chi connectivity index (χ1v) is 5.66. The summed E-state index contributed by atoms with van der Waals surface area (Å²) in [5, 5.41) is 3.05. The van der Waals surface area contributed by atoms with E-state index in [1.165, 1.54) is 7.11 Å². The van der Waals surface area contributed by atoms with Crippen molar-refractivity contribution < 1.29 is 9.53 Å². The number of nitrogens with one attached hydrogen (secondary N) is 1. The van der Waals surface area contributed by atoms with Gasteiger partial charge in [-0.1, -0.05) is 0 Å². The van der Waals surface area contributed by atoms with Gasteiger partial charge in [0, 0.05) is 20.2 Å². The largest absolute Gasteiger partial charge is 0.467 e. The summed E-state index contributed by atoms with van der Waals surface area (Å²) >= 11 is 0. The fraction of sp³-hybridized carbons (Fsp3) is 0.583. The molecule has 0 bridgehead atoms. The van der Waals surface area contributed by atoms with E-state index in [0.717, 1.165) is 5.82 Å². The second-order valence-electron chi connectivity index (χ2n) is 4.79. The second-order valence-corrected chi connectivity index (χ2v) is 4.79. The van der Waals surface area contributed by atoms with Gasteiger partial charge in [0.25, 0.3) is 0 Å². The van der Waals surface area contributed by atoms with Crippen LogP contribution in [0.3, 0.4) is 0 Å². The second kappa shape index (κ2) is 5.20. The maximum Gasteiger partial charge on any atom is 0.330 e. The summed E-state index contributed by atoms with van der Waals surface area (Å²) in [7, 11) is 5.16. The normalized spacial score (nSPS) is 11.0.